The van der Waals surface area contributed by atoms with Crippen LogP contribution in [0.15, 0.2) is 76.0 Å². The SMILES string of the molecule is CCC(c1nc2ccccc2c(=O)n1-c1ccc(Br)cc1)N(C)C(=O)Nc1ccc(F)cc1F. The molecule has 3 aromatic carbocycles. The van der Waals surface area contributed by atoms with E-state index < -0.39 is 23.7 Å². The Kier molecular flexibility index (Phi) is 6.74. The molecule has 0 spiro atoms. The molecule has 1 N–H and O–H groups in total. The maximum atomic E-state index is 14.1. The Labute approximate surface area is 203 Å². The number of carbonyl (C=O) groups excluding carboxylic acids is 1. The van der Waals surface area contributed by atoms with Crippen LogP contribution in [0.1, 0.15) is 25.2 Å². The van der Waals surface area contributed by atoms with Gasteiger partial charge in [0, 0.05) is 17.6 Å². The standard InChI is InChI=1S/C25H21BrF2N4O2/c1-3-22(31(2)25(34)30-21-13-10-16(27)14-19(21)28)23-29-20-7-5-4-6-18(20)24(33)32(23)17-11-8-15(26)9-12-17/h4-14,22H,3H2,1-2H3,(H,30,34). The van der Waals surface area contributed by atoms with Gasteiger partial charge >= 0.3 is 6.03 Å². The predicted octanol–water partition coefficient (Wildman–Crippen LogP) is 6.04. The van der Waals surface area contributed by atoms with E-state index in [0.717, 1.165) is 16.6 Å². The number of hydrogen-bond donors (Lipinski definition) is 1. The first-order chi connectivity index (χ1) is 16.3. The molecule has 0 fully saturated rings. The molecule has 1 heterocycles. The van der Waals surface area contributed by atoms with Crippen molar-refractivity contribution in [1.82, 2.24) is 14.5 Å². The summed E-state index contributed by atoms with van der Waals surface area (Å²) in [6.45, 7) is 1.86. The Morgan fingerprint density at radius 3 is 2.50 bits per heavy atom. The predicted molar refractivity (Wildman–Crippen MR) is 131 cm³/mol. The number of anilines is 1. The monoisotopic (exact) mass is 526 g/mol. The second kappa shape index (κ2) is 9.72. The van der Waals surface area contributed by atoms with Crippen molar-refractivity contribution in [3.05, 3.63) is 99.0 Å². The van der Waals surface area contributed by atoms with Gasteiger partial charge in [-0.1, -0.05) is 35.0 Å². The van der Waals surface area contributed by atoms with Crippen LogP contribution in [0.5, 0.6) is 0 Å². The van der Waals surface area contributed by atoms with Gasteiger partial charge in [0.2, 0.25) is 0 Å². The normalized spacial score (nSPS) is 11.9. The van der Waals surface area contributed by atoms with E-state index in [-0.39, 0.29) is 11.2 Å². The van der Waals surface area contributed by atoms with E-state index in [1.807, 2.05) is 19.1 Å². The van der Waals surface area contributed by atoms with E-state index in [1.165, 1.54) is 16.5 Å². The second-order valence-corrected chi connectivity index (χ2v) is 8.61. The fourth-order valence-corrected chi connectivity index (χ4v) is 4.04. The highest BCUT2D eigenvalue weighted by Crippen LogP contribution is 2.26. The van der Waals surface area contributed by atoms with Crippen LogP contribution in [-0.2, 0) is 0 Å². The number of nitrogens with zero attached hydrogens (tertiary/aromatic N) is 3. The van der Waals surface area contributed by atoms with Crippen LogP contribution in [0.4, 0.5) is 19.3 Å². The maximum absolute atomic E-state index is 14.1. The molecule has 0 saturated heterocycles. The van der Waals surface area contributed by atoms with Crippen LogP contribution >= 0.6 is 15.9 Å². The Morgan fingerprint density at radius 2 is 1.82 bits per heavy atom. The van der Waals surface area contributed by atoms with E-state index in [1.54, 1.807) is 36.4 Å². The van der Waals surface area contributed by atoms with Gasteiger partial charge in [-0.25, -0.2) is 18.6 Å². The first kappa shape index (κ1) is 23.6. The Balaban J connectivity index is 1.81. The number of urea groups is 1. The summed E-state index contributed by atoms with van der Waals surface area (Å²) in [5, 5.41) is 2.91. The summed E-state index contributed by atoms with van der Waals surface area (Å²) in [6.07, 6.45) is 0.428. The van der Waals surface area contributed by atoms with Crippen molar-refractivity contribution in [2.45, 2.75) is 19.4 Å². The van der Waals surface area contributed by atoms with E-state index >= 15 is 0 Å². The van der Waals surface area contributed by atoms with E-state index in [2.05, 4.69) is 21.2 Å². The topological polar surface area (TPSA) is 67.2 Å². The number of rotatable bonds is 5. The summed E-state index contributed by atoms with van der Waals surface area (Å²) in [6, 6.07) is 15.9. The number of carbonyl (C=O) groups is 1. The van der Waals surface area contributed by atoms with Gasteiger partial charge in [-0.2, -0.15) is 0 Å². The average Bonchev–Trinajstić information content (AvgIpc) is 2.82. The van der Waals surface area contributed by atoms with E-state index in [9.17, 15) is 18.4 Å². The van der Waals surface area contributed by atoms with Crippen LogP contribution in [0.25, 0.3) is 16.6 Å². The molecule has 1 aromatic heterocycles. The van der Waals surface area contributed by atoms with Crippen molar-refractivity contribution in [2.24, 2.45) is 0 Å². The van der Waals surface area contributed by atoms with Crippen molar-refractivity contribution in [2.75, 3.05) is 12.4 Å². The summed E-state index contributed by atoms with van der Waals surface area (Å²) >= 11 is 3.40. The van der Waals surface area contributed by atoms with Crippen LogP contribution in [0.2, 0.25) is 0 Å². The lowest BCUT2D eigenvalue weighted by molar-refractivity contribution is 0.199. The Morgan fingerprint density at radius 1 is 1.12 bits per heavy atom. The molecule has 0 saturated carbocycles. The molecule has 0 aliphatic heterocycles. The molecule has 4 aromatic rings. The number of fused-ring (bicyclic) bond motifs is 1. The van der Waals surface area contributed by atoms with Gasteiger partial charge < -0.3 is 10.2 Å². The van der Waals surface area contributed by atoms with Gasteiger partial charge in [-0.15, -0.1) is 0 Å². The highest BCUT2D eigenvalue weighted by molar-refractivity contribution is 9.10. The van der Waals surface area contributed by atoms with Crippen molar-refractivity contribution in [3.63, 3.8) is 0 Å². The van der Waals surface area contributed by atoms with Gasteiger partial charge in [0.15, 0.2) is 0 Å². The minimum Gasteiger partial charge on any atom is -0.317 e. The molecule has 0 bridgehead atoms. The Bertz CT molecular complexity index is 1420. The van der Waals surface area contributed by atoms with Crippen molar-refractivity contribution in [3.8, 4) is 5.69 Å². The van der Waals surface area contributed by atoms with Gasteiger partial charge in [-0.05, 0) is 55.0 Å². The lowest BCUT2D eigenvalue weighted by atomic mass is 10.1. The van der Waals surface area contributed by atoms with Crippen LogP contribution in [0, 0.1) is 11.6 Å². The number of benzene rings is 3. The minimum atomic E-state index is -0.884. The number of amides is 2. The molecule has 0 aliphatic rings. The largest absolute Gasteiger partial charge is 0.322 e. The number of nitrogens with one attached hydrogen (secondary N) is 1. The fourth-order valence-electron chi connectivity index (χ4n) is 3.78. The molecule has 0 aliphatic carbocycles. The lowest BCUT2D eigenvalue weighted by Crippen LogP contribution is -2.38. The number of para-hydroxylation sites is 1. The maximum Gasteiger partial charge on any atom is 0.322 e. The first-order valence-electron chi connectivity index (χ1n) is 10.6. The first-order valence-corrected chi connectivity index (χ1v) is 11.4. The third-order valence-electron chi connectivity index (χ3n) is 5.53. The molecule has 0 radical (unpaired) electrons. The summed E-state index contributed by atoms with van der Waals surface area (Å²) in [7, 11) is 1.54. The highest BCUT2D eigenvalue weighted by Gasteiger charge is 2.27. The van der Waals surface area contributed by atoms with Gasteiger partial charge in [0.1, 0.15) is 17.5 Å². The molecular weight excluding hydrogens is 506 g/mol. The minimum absolute atomic E-state index is 0.148. The van der Waals surface area contributed by atoms with Crippen LogP contribution in [0.3, 0.4) is 0 Å². The summed E-state index contributed by atoms with van der Waals surface area (Å²) < 4.78 is 29.7. The van der Waals surface area contributed by atoms with E-state index in [0.29, 0.717) is 34.9 Å². The fraction of sp³-hybridized carbons (Fsp3) is 0.160. The van der Waals surface area contributed by atoms with Gasteiger partial charge in [-0.3, -0.25) is 9.36 Å². The van der Waals surface area contributed by atoms with Gasteiger partial charge in [0.25, 0.3) is 5.56 Å². The Hall–Kier alpha value is -3.59. The molecule has 6 nitrogen and oxygen atoms in total. The van der Waals surface area contributed by atoms with E-state index in [4.69, 9.17) is 4.98 Å². The third kappa shape index (κ3) is 4.56. The average molecular weight is 527 g/mol. The lowest BCUT2D eigenvalue weighted by Gasteiger charge is -2.29. The molecule has 9 heteroatoms. The zero-order valence-corrected chi connectivity index (χ0v) is 20.0. The third-order valence-corrected chi connectivity index (χ3v) is 6.06. The number of aromatic nitrogens is 2. The zero-order valence-electron chi connectivity index (χ0n) is 18.4. The summed E-state index contributed by atoms with van der Waals surface area (Å²) in [5.41, 5.74) is 0.690. The van der Waals surface area contributed by atoms with Gasteiger partial charge in [0.05, 0.1) is 28.3 Å². The molecule has 1 unspecified atom stereocenters. The number of hydrogen-bond acceptors (Lipinski definition) is 3. The molecule has 34 heavy (non-hydrogen) atoms. The zero-order chi connectivity index (χ0) is 24.4. The van der Waals surface area contributed by atoms with Crippen LogP contribution < -0.4 is 10.9 Å². The highest BCUT2D eigenvalue weighted by atomic mass is 79.9. The van der Waals surface area contributed by atoms with Crippen molar-refractivity contribution < 1.29 is 13.6 Å². The van der Waals surface area contributed by atoms with Crippen molar-refractivity contribution in [1.29, 1.82) is 0 Å². The molecule has 2 amide bonds. The summed E-state index contributed by atoms with van der Waals surface area (Å²) in [5.74, 6) is -1.26. The van der Waals surface area contributed by atoms with Crippen LogP contribution in [-0.4, -0.2) is 27.5 Å². The van der Waals surface area contributed by atoms with Crippen molar-refractivity contribution >= 4 is 38.6 Å². The quantitative estimate of drug-likeness (QED) is 0.344. The smallest absolute Gasteiger partial charge is 0.317 e. The molecule has 4 rings (SSSR count). The molecule has 1 atom stereocenters. The second-order valence-electron chi connectivity index (χ2n) is 7.69. The summed E-state index contributed by atoms with van der Waals surface area (Å²) in [4.78, 5) is 32.6. The molecule has 174 valence electrons. The molecular formula is C25H21BrF2N4O2. The number of halogens is 3.